The van der Waals surface area contributed by atoms with Gasteiger partial charge in [-0.1, -0.05) is 26.7 Å². The second-order valence-corrected chi connectivity index (χ2v) is 6.01. The van der Waals surface area contributed by atoms with Gasteiger partial charge in [-0.2, -0.15) is 0 Å². The summed E-state index contributed by atoms with van der Waals surface area (Å²) >= 11 is 0. The largest absolute Gasteiger partial charge is 0.469 e. The Morgan fingerprint density at radius 3 is 2.23 bits per heavy atom. The summed E-state index contributed by atoms with van der Waals surface area (Å²) in [5.74, 6) is -1.21. The fourth-order valence-electron chi connectivity index (χ4n) is 3.25. The van der Waals surface area contributed by atoms with Crippen molar-refractivity contribution in [1.82, 2.24) is 0 Å². The van der Waals surface area contributed by atoms with Crippen molar-refractivity contribution in [3.63, 3.8) is 0 Å². The molecule has 1 rings (SSSR count). The van der Waals surface area contributed by atoms with Crippen LogP contribution in [0, 0.1) is 22.0 Å². The molecule has 7 heteroatoms. The van der Waals surface area contributed by atoms with E-state index in [0.717, 1.165) is 12.8 Å². The van der Waals surface area contributed by atoms with E-state index >= 15 is 0 Å². The molecule has 0 aromatic heterocycles. The summed E-state index contributed by atoms with van der Waals surface area (Å²) in [6, 6.07) is -0.984. The number of methoxy groups -OCH3 is 1. The van der Waals surface area contributed by atoms with Gasteiger partial charge in [0.25, 0.3) is 6.04 Å². The molecule has 1 unspecified atom stereocenters. The van der Waals surface area contributed by atoms with Crippen LogP contribution in [0.2, 0.25) is 0 Å². The number of hydrogen-bond donors (Lipinski definition) is 0. The summed E-state index contributed by atoms with van der Waals surface area (Å²) in [4.78, 5) is 34.1. The fraction of sp³-hybridized carbons (Fsp3) is 0.867. The van der Waals surface area contributed by atoms with Gasteiger partial charge >= 0.3 is 11.9 Å². The summed E-state index contributed by atoms with van der Waals surface area (Å²) in [5, 5.41) is 11.5. The lowest BCUT2D eigenvalue weighted by molar-refractivity contribution is -0.553. The smallest absolute Gasteiger partial charge is 0.308 e. The molecule has 1 saturated carbocycles. The Hall–Kier alpha value is -1.66. The molecule has 22 heavy (non-hydrogen) atoms. The molecule has 0 aromatic rings. The lowest BCUT2D eigenvalue weighted by atomic mass is 9.65. The first-order chi connectivity index (χ1) is 10.3. The number of rotatable bonds is 8. The number of esters is 2. The van der Waals surface area contributed by atoms with Crippen LogP contribution >= 0.6 is 0 Å². The number of nitro groups is 1. The van der Waals surface area contributed by atoms with Crippen molar-refractivity contribution >= 4 is 11.9 Å². The van der Waals surface area contributed by atoms with E-state index in [9.17, 15) is 19.7 Å². The average Bonchev–Trinajstić information content (AvgIpc) is 2.42. The highest BCUT2D eigenvalue weighted by molar-refractivity contribution is 5.74. The summed E-state index contributed by atoms with van der Waals surface area (Å²) in [7, 11) is 1.28. The lowest BCUT2D eigenvalue weighted by Crippen LogP contribution is -2.60. The van der Waals surface area contributed by atoms with Gasteiger partial charge in [0.2, 0.25) is 0 Å². The topological polar surface area (TPSA) is 95.7 Å². The van der Waals surface area contributed by atoms with Crippen LogP contribution in [-0.2, 0) is 19.1 Å². The molecule has 0 saturated heterocycles. The van der Waals surface area contributed by atoms with Crippen LogP contribution in [-0.4, -0.2) is 35.6 Å². The highest BCUT2D eigenvalue weighted by atomic mass is 16.6. The van der Waals surface area contributed by atoms with Crippen molar-refractivity contribution in [3.8, 4) is 0 Å². The zero-order valence-electron chi connectivity index (χ0n) is 13.7. The molecule has 1 aliphatic rings. The molecule has 0 N–H and O–H groups in total. The minimum Gasteiger partial charge on any atom is -0.469 e. The summed E-state index contributed by atoms with van der Waals surface area (Å²) in [6.07, 6.45) is 2.33. The Bertz CT molecular complexity index is 426. The van der Waals surface area contributed by atoms with E-state index < -0.39 is 29.5 Å². The third-order valence-corrected chi connectivity index (χ3v) is 4.64. The second kappa shape index (κ2) is 7.56. The van der Waals surface area contributed by atoms with E-state index in [1.54, 1.807) is 0 Å². The van der Waals surface area contributed by atoms with Crippen molar-refractivity contribution in [1.29, 1.82) is 0 Å². The molecule has 0 heterocycles. The van der Waals surface area contributed by atoms with Crippen LogP contribution in [0.4, 0.5) is 0 Å². The highest BCUT2D eigenvalue weighted by Crippen LogP contribution is 2.47. The molecule has 0 aliphatic heterocycles. The van der Waals surface area contributed by atoms with Gasteiger partial charge in [-0.3, -0.25) is 19.7 Å². The minimum atomic E-state index is -1.18. The van der Waals surface area contributed by atoms with Crippen molar-refractivity contribution in [2.24, 2.45) is 11.8 Å². The molecule has 1 atom stereocenters. The van der Waals surface area contributed by atoms with Crippen LogP contribution in [0.1, 0.15) is 52.9 Å². The van der Waals surface area contributed by atoms with Crippen LogP contribution in [0.15, 0.2) is 0 Å². The Morgan fingerprint density at radius 1 is 1.32 bits per heavy atom. The van der Waals surface area contributed by atoms with Gasteiger partial charge in [0, 0.05) is 31.1 Å². The zero-order valence-corrected chi connectivity index (χ0v) is 13.7. The molecule has 0 spiro atoms. The van der Waals surface area contributed by atoms with Gasteiger partial charge in [0.15, 0.2) is 5.60 Å². The van der Waals surface area contributed by atoms with Crippen molar-refractivity contribution in [3.05, 3.63) is 10.1 Å². The highest BCUT2D eigenvalue weighted by Gasteiger charge is 2.61. The fourth-order valence-corrected chi connectivity index (χ4v) is 3.25. The molecule has 126 valence electrons. The molecule has 7 nitrogen and oxygen atoms in total. The Balaban J connectivity index is 2.95. The van der Waals surface area contributed by atoms with Gasteiger partial charge < -0.3 is 9.47 Å². The van der Waals surface area contributed by atoms with Crippen LogP contribution in [0.3, 0.4) is 0 Å². The molecule has 1 fully saturated rings. The monoisotopic (exact) mass is 315 g/mol. The van der Waals surface area contributed by atoms with Crippen molar-refractivity contribution in [2.45, 2.75) is 64.5 Å². The minimum absolute atomic E-state index is 0.158. The normalized spacial score (nSPS) is 25.2. The predicted octanol–water partition coefficient (Wildman–Crippen LogP) is 2.34. The third-order valence-electron chi connectivity index (χ3n) is 4.64. The number of carbonyl (C=O) groups is 2. The maximum Gasteiger partial charge on any atom is 0.308 e. The first-order valence-electron chi connectivity index (χ1n) is 7.70. The molecule has 0 bridgehead atoms. The molecule has 1 aliphatic carbocycles. The van der Waals surface area contributed by atoms with Gasteiger partial charge in [0.05, 0.1) is 13.0 Å². The second-order valence-electron chi connectivity index (χ2n) is 6.01. The van der Waals surface area contributed by atoms with Crippen molar-refractivity contribution < 1.29 is 24.0 Å². The quantitative estimate of drug-likeness (QED) is 0.387. The number of ether oxygens (including phenoxy) is 2. The zero-order chi connectivity index (χ0) is 16.9. The van der Waals surface area contributed by atoms with E-state index in [4.69, 9.17) is 4.74 Å². The van der Waals surface area contributed by atoms with Crippen LogP contribution < -0.4 is 0 Å². The van der Waals surface area contributed by atoms with E-state index in [2.05, 4.69) is 4.74 Å². The Kier molecular flexibility index (Phi) is 6.32. The van der Waals surface area contributed by atoms with Crippen LogP contribution in [0.25, 0.3) is 0 Å². The molecular formula is C15H25NO6. The molecular weight excluding hydrogens is 290 g/mol. The Labute approximate surface area is 130 Å². The summed E-state index contributed by atoms with van der Waals surface area (Å²) < 4.78 is 9.99. The molecule has 0 amide bonds. The number of hydrogen-bond acceptors (Lipinski definition) is 6. The van der Waals surface area contributed by atoms with E-state index in [0.29, 0.717) is 6.42 Å². The average molecular weight is 315 g/mol. The third kappa shape index (κ3) is 3.96. The first-order valence-corrected chi connectivity index (χ1v) is 7.70. The predicted molar refractivity (Wildman–Crippen MR) is 78.7 cm³/mol. The molecule has 0 aromatic carbocycles. The van der Waals surface area contributed by atoms with Gasteiger partial charge in [0.1, 0.15) is 0 Å². The van der Waals surface area contributed by atoms with E-state index in [1.807, 2.05) is 13.8 Å². The SMILES string of the molecule is CCC(CC)CC([N+](=O)[O-])C1(OC(C)=O)CC(C(=O)OC)C1. The Morgan fingerprint density at radius 2 is 1.86 bits per heavy atom. The standard InChI is InChI=1S/C15H25NO6/c1-5-11(6-2)7-13(16(19)20)15(22-10(3)17)8-12(9-15)14(18)21-4/h11-13H,5-9H2,1-4H3. The first kappa shape index (κ1) is 18.4. The summed E-state index contributed by atoms with van der Waals surface area (Å²) in [6.45, 7) is 5.21. The van der Waals surface area contributed by atoms with E-state index in [1.165, 1.54) is 14.0 Å². The maximum atomic E-state index is 11.6. The van der Waals surface area contributed by atoms with Crippen LogP contribution in [0.5, 0.6) is 0 Å². The van der Waals surface area contributed by atoms with E-state index in [-0.39, 0.29) is 23.7 Å². The van der Waals surface area contributed by atoms with Gasteiger partial charge in [-0.05, 0) is 5.92 Å². The van der Waals surface area contributed by atoms with Gasteiger partial charge in [-0.15, -0.1) is 0 Å². The lowest BCUT2D eigenvalue weighted by Gasteiger charge is -2.46. The maximum absolute atomic E-state index is 11.6. The molecule has 0 radical (unpaired) electrons. The van der Waals surface area contributed by atoms with Gasteiger partial charge in [-0.25, -0.2) is 0 Å². The number of nitrogens with zero attached hydrogens (tertiary/aromatic N) is 1. The van der Waals surface area contributed by atoms with Crippen molar-refractivity contribution in [2.75, 3.05) is 7.11 Å². The number of carbonyl (C=O) groups excluding carboxylic acids is 2. The summed E-state index contributed by atoms with van der Waals surface area (Å²) in [5.41, 5.74) is -1.18.